The van der Waals surface area contributed by atoms with Crippen molar-refractivity contribution < 1.29 is 24.2 Å². The molecule has 1 atom stereocenters. The summed E-state index contributed by atoms with van der Waals surface area (Å²) in [5.74, 6) is -0.822. The number of carbonyl (C=O) groups is 2. The van der Waals surface area contributed by atoms with Crippen LogP contribution in [0.15, 0.2) is 78.6 Å². The number of carbonyl (C=O) groups excluding carboxylic acids is 2. The van der Waals surface area contributed by atoms with E-state index >= 15 is 0 Å². The number of anilines is 1. The summed E-state index contributed by atoms with van der Waals surface area (Å²) in [6, 6.07) is 16.2. The number of methoxy groups -OCH3 is 2. The molecule has 31 heavy (non-hydrogen) atoms. The first-order valence-corrected chi connectivity index (χ1v) is 9.55. The number of benzene rings is 2. The largest absolute Gasteiger partial charge is 0.507 e. The highest BCUT2D eigenvalue weighted by Gasteiger charge is 2.47. The van der Waals surface area contributed by atoms with Crippen LogP contribution in [0.3, 0.4) is 0 Å². The van der Waals surface area contributed by atoms with Crippen molar-refractivity contribution in [2.45, 2.75) is 6.04 Å². The molecule has 1 unspecified atom stereocenters. The molecule has 0 spiro atoms. The number of ketones is 1. The van der Waals surface area contributed by atoms with Gasteiger partial charge in [0, 0.05) is 18.1 Å². The lowest BCUT2D eigenvalue weighted by molar-refractivity contribution is -0.132. The first kappa shape index (κ1) is 20.2. The van der Waals surface area contributed by atoms with Gasteiger partial charge in [0.15, 0.2) is 0 Å². The number of pyridine rings is 1. The Bertz CT molecular complexity index is 1160. The highest BCUT2D eigenvalue weighted by molar-refractivity contribution is 6.51. The van der Waals surface area contributed by atoms with E-state index < -0.39 is 17.7 Å². The molecule has 0 radical (unpaired) electrons. The average Bonchev–Trinajstić information content (AvgIpc) is 3.09. The molecule has 1 N–H and O–H groups in total. The van der Waals surface area contributed by atoms with Crippen LogP contribution in [0, 0.1) is 0 Å². The van der Waals surface area contributed by atoms with Gasteiger partial charge in [0.2, 0.25) is 0 Å². The van der Waals surface area contributed by atoms with Gasteiger partial charge in [-0.05, 0) is 48.0 Å². The first-order chi connectivity index (χ1) is 15.1. The Labute approximate surface area is 179 Å². The molecule has 4 rings (SSSR count). The second kappa shape index (κ2) is 8.31. The third kappa shape index (κ3) is 3.50. The number of hydrogen-bond acceptors (Lipinski definition) is 6. The van der Waals surface area contributed by atoms with Gasteiger partial charge in [-0.3, -0.25) is 19.5 Å². The number of para-hydroxylation sites is 1. The van der Waals surface area contributed by atoms with Crippen LogP contribution in [0.2, 0.25) is 0 Å². The molecule has 1 saturated heterocycles. The van der Waals surface area contributed by atoms with Crippen LogP contribution < -0.4 is 14.4 Å². The van der Waals surface area contributed by atoms with E-state index in [0.29, 0.717) is 28.3 Å². The number of rotatable bonds is 5. The fourth-order valence-corrected chi connectivity index (χ4v) is 3.68. The van der Waals surface area contributed by atoms with E-state index in [-0.39, 0.29) is 11.3 Å². The molecule has 0 saturated carbocycles. The minimum absolute atomic E-state index is 0.0293. The highest BCUT2D eigenvalue weighted by atomic mass is 16.5. The van der Waals surface area contributed by atoms with Gasteiger partial charge < -0.3 is 14.6 Å². The molecule has 7 heteroatoms. The van der Waals surface area contributed by atoms with Gasteiger partial charge >= 0.3 is 0 Å². The Balaban J connectivity index is 1.94. The van der Waals surface area contributed by atoms with Gasteiger partial charge in [-0.2, -0.15) is 0 Å². The van der Waals surface area contributed by atoms with E-state index in [0.717, 1.165) is 0 Å². The van der Waals surface area contributed by atoms with Gasteiger partial charge in [0.1, 0.15) is 17.3 Å². The molecule has 1 aliphatic heterocycles. The maximum atomic E-state index is 13.1. The van der Waals surface area contributed by atoms with E-state index in [9.17, 15) is 14.7 Å². The van der Waals surface area contributed by atoms with E-state index in [1.54, 1.807) is 80.2 Å². The Morgan fingerprint density at radius 3 is 2.35 bits per heavy atom. The second-order valence-electron chi connectivity index (χ2n) is 6.85. The van der Waals surface area contributed by atoms with Crippen LogP contribution >= 0.6 is 0 Å². The molecular formula is C24H20N2O5. The summed E-state index contributed by atoms with van der Waals surface area (Å²) in [6.45, 7) is 0. The van der Waals surface area contributed by atoms with Gasteiger partial charge in [0.25, 0.3) is 11.7 Å². The number of aliphatic hydroxyl groups is 1. The summed E-state index contributed by atoms with van der Waals surface area (Å²) < 4.78 is 10.5. The van der Waals surface area contributed by atoms with E-state index in [2.05, 4.69) is 4.98 Å². The Morgan fingerprint density at radius 1 is 0.968 bits per heavy atom. The number of aromatic nitrogens is 1. The minimum atomic E-state index is -0.855. The predicted molar refractivity (Wildman–Crippen MR) is 115 cm³/mol. The third-order valence-corrected chi connectivity index (χ3v) is 5.16. The molecular weight excluding hydrogens is 396 g/mol. The van der Waals surface area contributed by atoms with Gasteiger partial charge in [-0.25, -0.2) is 0 Å². The normalized spacial score (nSPS) is 17.6. The zero-order valence-electron chi connectivity index (χ0n) is 17.0. The molecule has 1 fully saturated rings. The number of amides is 1. The summed E-state index contributed by atoms with van der Waals surface area (Å²) in [4.78, 5) is 31.7. The number of Topliss-reactive ketones (excluding diaryl/α,β-unsaturated/α-hetero) is 1. The van der Waals surface area contributed by atoms with Crippen LogP contribution in [-0.2, 0) is 9.59 Å². The van der Waals surface area contributed by atoms with E-state index in [1.165, 1.54) is 12.0 Å². The predicted octanol–water partition coefficient (Wildman–Crippen LogP) is 3.73. The molecule has 1 amide bonds. The summed E-state index contributed by atoms with van der Waals surface area (Å²) in [7, 11) is 3.02. The van der Waals surface area contributed by atoms with Crippen LogP contribution in [0.4, 0.5) is 5.69 Å². The molecule has 0 bridgehead atoms. The van der Waals surface area contributed by atoms with Crippen LogP contribution in [-0.4, -0.2) is 36.0 Å². The molecule has 0 aliphatic carbocycles. The van der Waals surface area contributed by atoms with Crippen LogP contribution in [0.1, 0.15) is 17.2 Å². The molecule has 156 valence electrons. The minimum Gasteiger partial charge on any atom is -0.507 e. The summed E-state index contributed by atoms with van der Waals surface area (Å²) >= 11 is 0. The lowest BCUT2D eigenvalue weighted by Crippen LogP contribution is -2.29. The monoisotopic (exact) mass is 416 g/mol. The van der Waals surface area contributed by atoms with Crippen molar-refractivity contribution in [1.29, 1.82) is 0 Å². The molecule has 2 aromatic carbocycles. The standard InChI is InChI=1S/C24H20N2O5/c1-30-17-11-9-16(10-12-17)26-21(15-6-5-13-25-14-15)20(23(28)24(26)29)22(27)18-7-3-4-8-19(18)31-2/h3-14,21,27H,1-2H3/b22-20-. The fraction of sp³-hybridized carbons (Fsp3) is 0.125. The van der Waals surface area contributed by atoms with Crippen LogP contribution in [0.5, 0.6) is 11.5 Å². The molecule has 1 aromatic heterocycles. The Kier molecular flexibility index (Phi) is 5.41. The zero-order valence-corrected chi connectivity index (χ0v) is 17.0. The molecule has 2 heterocycles. The van der Waals surface area contributed by atoms with Gasteiger partial charge in [-0.1, -0.05) is 18.2 Å². The topological polar surface area (TPSA) is 89.0 Å². The third-order valence-electron chi connectivity index (χ3n) is 5.16. The smallest absolute Gasteiger partial charge is 0.300 e. The number of hydrogen-bond donors (Lipinski definition) is 1. The maximum Gasteiger partial charge on any atom is 0.300 e. The maximum absolute atomic E-state index is 13.1. The summed E-state index contributed by atoms with van der Waals surface area (Å²) in [5, 5.41) is 11.2. The zero-order chi connectivity index (χ0) is 22.0. The highest BCUT2D eigenvalue weighted by Crippen LogP contribution is 2.43. The summed E-state index contributed by atoms with van der Waals surface area (Å²) in [6.07, 6.45) is 3.17. The van der Waals surface area contributed by atoms with Gasteiger partial charge in [0.05, 0.1) is 31.4 Å². The second-order valence-corrected chi connectivity index (χ2v) is 6.85. The van der Waals surface area contributed by atoms with Crippen molar-refractivity contribution in [2.24, 2.45) is 0 Å². The number of ether oxygens (including phenoxy) is 2. The average molecular weight is 416 g/mol. The van der Waals surface area contributed by atoms with Crippen molar-refractivity contribution in [3.63, 3.8) is 0 Å². The first-order valence-electron chi connectivity index (χ1n) is 9.55. The van der Waals surface area contributed by atoms with Gasteiger partial charge in [-0.15, -0.1) is 0 Å². The molecule has 1 aliphatic rings. The van der Waals surface area contributed by atoms with Crippen molar-refractivity contribution in [3.05, 3.63) is 89.8 Å². The van der Waals surface area contributed by atoms with E-state index in [1.807, 2.05) is 0 Å². The molecule has 3 aromatic rings. The van der Waals surface area contributed by atoms with Crippen molar-refractivity contribution in [3.8, 4) is 11.5 Å². The fourth-order valence-electron chi connectivity index (χ4n) is 3.68. The SMILES string of the molecule is COc1ccc(N2C(=O)C(=O)/C(=C(\O)c3ccccc3OC)C2c2cccnc2)cc1. The lowest BCUT2D eigenvalue weighted by atomic mass is 9.96. The Hall–Kier alpha value is -4.13. The molecule has 7 nitrogen and oxygen atoms in total. The van der Waals surface area contributed by atoms with Crippen LogP contribution in [0.25, 0.3) is 5.76 Å². The van der Waals surface area contributed by atoms with E-state index in [4.69, 9.17) is 9.47 Å². The van der Waals surface area contributed by atoms with Crippen molar-refractivity contribution in [2.75, 3.05) is 19.1 Å². The summed E-state index contributed by atoms with van der Waals surface area (Å²) in [5.41, 5.74) is 1.38. The number of nitrogens with zero attached hydrogens (tertiary/aromatic N) is 2. The quantitative estimate of drug-likeness (QED) is 0.387. The Morgan fingerprint density at radius 2 is 1.71 bits per heavy atom. The van der Waals surface area contributed by atoms with Crippen molar-refractivity contribution >= 4 is 23.1 Å². The lowest BCUT2D eigenvalue weighted by Gasteiger charge is -2.25. The number of aliphatic hydroxyl groups excluding tert-OH is 1. The van der Waals surface area contributed by atoms with Crippen molar-refractivity contribution in [1.82, 2.24) is 4.98 Å².